The lowest BCUT2D eigenvalue weighted by molar-refractivity contribution is 0.0882. The SMILES string of the molecule is O=C(C[C@@H](O)c1cccc2ccccc12)c1ccccc1. The Kier molecular flexibility index (Phi) is 3.80. The van der Waals surface area contributed by atoms with Crippen LogP contribution in [0.1, 0.15) is 28.4 Å². The number of Topliss-reactive ketones (excluding diaryl/α,β-unsaturated/α-hetero) is 1. The molecule has 0 unspecified atom stereocenters. The molecule has 2 heteroatoms. The van der Waals surface area contributed by atoms with Crippen molar-refractivity contribution in [3.05, 3.63) is 83.9 Å². The molecule has 0 aromatic heterocycles. The molecule has 0 fully saturated rings. The molecular formula is C19H16O2. The zero-order chi connectivity index (χ0) is 14.7. The van der Waals surface area contributed by atoms with Gasteiger partial charge in [0.2, 0.25) is 0 Å². The third-order valence-electron chi connectivity index (χ3n) is 3.66. The van der Waals surface area contributed by atoms with E-state index in [4.69, 9.17) is 0 Å². The predicted octanol–water partition coefficient (Wildman–Crippen LogP) is 4.15. The summed E-state index contributed by atoms with van der Waals surface area (Å²) in [6.07, 6.45) is -0.693. The van der Waals surface area contributed by atoms with Gasteiger partial charge >= 0.3 is 0 Å². The first-order chi connectivity index (χ1) is 10.3. The molecule has 104 valence electrons. The van der Waals surface area contributed by atoms with Gasteiger partial charge in [0.05, 0.1) is 6.10 Å². The van der Waals surface area contributed by atoms with Gasteiger partial charge in [-0.3, -0.25) is 4.79 Å². The molecule has 2 nitrogen and oxygen atoms in total. The fraction of sp³-hybridized carbons (Fsp3) is 0.105. The Morgan fingerprint density at radius 1 is 0.857 bits per heavy atom. The molecule has 0 amide bonds. The van der Waals surface area contributed by atoms with Gasteiger partial charge in [-0.05, 0) is 16.3 Å². The molecule has 3 aromatic rings. The summed E-state index contributed by atoms with van der Waals surface area (Å²) in [5.41, 5.74) is 1.44. The highest BCUT2D eigenvalue weighted by Crippen LogP contribution is 2.27. The summed E-state index contributed by atoms with van der Waals surface area (Å²) in [6.45, 7) is 0. The van der Waals surface area contributed by atoms with Gasteiger partial charge in [0, 0.05) is 12.0 Å². The summed E-state index contributed by atoms with van der Waals surface area (Å²) in [6, 6.07) is 22.8. The van der Waals surface area contributed by atoms with Gasteiger partial charge < -0.3 is 5.11 Å². The highest BCUT2D eigenvalue weighted by Gasteiger charge is 2.16. The second-order valence-electron chi connectivity index (χ2n) is 5.08. The third kappa shape index (κ3) is 2.86. The first kappa shape index (κ1) is 13.5. The van der Waals surface area contributed by atoms with Gasteiger partial charge in [-0.2, -0.15) is 0 Å². The monoisotopic (exact) mass is 276 g/mol. The summed E-state index contributed by atoms with van der Waals surface area (Å²) >= 11 is 0. The first-order valence-electron chi connectivity index (χ1n) is 6.99. The van der Waals surface area contributed by atoms with E-state index in [2.05, 4.69) is 0 Å². The molecule has 0 aliphatic carbocycles. The van der Waals surface area contributed by atoms with Crippen LogP contribution in [-0.4, -0.2) is 10.9 Å². The number of carbonyl (C=O) groups is 1. The van der Waals surface area contributed by atoms with Crippen LogP contribution in [0.3, 0.4) is 0 Å². The fourth-order valence-electron chi connectivity index (χ4n) is 2.57. The minimum Gasteiger partial charge on any atom is -0.388 e. The summed E-state index contributed by atoms with van der Waals surface area (Å²) < 4.78 is 0. The largest absolute Gasteiger partial charge is 0.388 e. The summed E-state index contributed by atoms with van der Waals surface area (Å²) in [5, 5.41) is 12.5. The Labute approximate surface area is 123 Å². The zero-order valence-electron chi connectivity index (χ0n) is 11.6. The minimum atomic E-state index is -0.788. The number of aliphatic hydroxyl groups is 1. The predicted molar refractivity (Wildman–Crippen MR) is 84.3 cm³/mol. The van der Waals surface area contributed by atoms with Gasteiger partial charge in [0.15, 0.2) is 5.78 Å². The first-order valence-corrected chi connectivity index (χ1v) is 6.99. The van der Waals surface area contributed by atoms with Crippen LogP contribution in [0.5, 0.6) is 0 Å². The normalized spacial score (nSPS) is 12.2. The van der Waals surface area contributed by atoms with Crippen LogP contribution in [0.2, 0.25) is 0 Å². The second-order valence-corrected chi connectivity index (χ2v) is 5.08. The van der Waals surface area contributed by atoms with Crippen LogP contribution in [0, 0.1) is 0 Å². The van der Waals surface area contributed by atoms with Crippen LogP contribution in [0.4, 0.5) is 0 Å². The maximum absolute atomic E-state index is 12.2. The standard InChI is InChI=1S/C19H16O2/c20-18(15-8-2-1-3-9-15)13-19(21)17-12-6-10-14-7-4-5-11-16(14)17/h1-12,19,21H,13H2/t19-/m1/s1. The van der Waals surface area contributed by atoms with Crippen molar-refractivity contribution in [3.8, 4) is 0 Å². The van der Waals surface area contributed by atoms with E-state index in [0.717, 1.165) is 16.3 Å². The lowest BCUT2D eigenvalue weighted by Crippen LogP contribution is -2.07. The average molecular weight is 276 g/mol. The number of rotatable bonds is 4. The molecule has 0 spiro atoms. The molecule has 0 saturated carbocycles. The van der Waals surface area contributed by atoms with E-state index in [1.54, 1.807) is 12.1 Å². The highest BCUT2D eigenvalue weighted by atomic mass is 16.3. The lowest BCUT2D eigenvalue weighted by Gasteiger charge is -2.13. The lowest BCUT2D eigenvalue weighted by atomic mass is 9.96. The van der Waals surface area contributed by atoms with Crippen molar-refractivity contribution in [1.82, 2.24) is 0 Å². The van der Waals surface area contributed by atoms with Gasteiger partial charge in [0.25, 0.3) is 0 Å². The van der Waals surface area contributed by atoms with Gasteiger partial charge in [-0.15, -0.1) is 0 Å². The summed E-state index contributed by atoms with van der Waals surface area (Å²) in [4.78, 5) is 12.2. The Hall–Kier alpha value is -2.45. The van der Waals surface area contributed by atoms with E-state index < -0.39 is 6.10 Å². The van der Waals surface area contributed by atoms with Crippen LogP contribution in [0.15, 0.2) is 72.8 Å². The van der Waals surface area contributed by atoms with Crippen molar-refractivity contribution in [3.63, 3.8) is 0 Å². The third-order valence-corrected chi connectivity index (χ3v) is 3.66. The molecule has 0 radical (unpaired) electrons. The van der Waals surface area contributed by atoms with Crippen molar-refractivity contribution in [2.45, 2.75) is 12.5 Å². The Morgan fingerprint density at radius 3 is 2.33 bits per heavy atom. The Bertz CT molecular complexity index is 757. The smallest absolute Gasteiger partial charge is 0.165 e. The van der Waals surface area contributed by atoms with Crippen LogP contribution in [0.25, 0.3) is 10.8 Å². The number of hydrogen-bond donors (Lipinski definition) is 1. The topological polar surface area (TPSA) is 37.3 Å². The highest BCUT2D eigenvalue weighted by molar-refractivity contribution is 5.97. The Morgan fingerprint density at radius 2 is 1.52 bits per heavy atom. The van der Waals surface area contributed by atoms with E-state index in [-0.39, 0.29) is 12.2 Å². The number of ketones is 1. The van der Waals surface area contributed by atoms with Gasteiger partial charge in [-0.25, -0.2) is 0 Å². The molecule has 3 rings (SSSR count). The summed E-state index contributed by atoms with van der Waals surface area (Å²) in [7, 11) is 0. The fourth-order valence-corrected chi connectivity index (χ4v) is 2.57. The van der Waals surface area contributed by atoms with Crippen molar-refractivity contribution >= 4 is 16.6 Å². The molecule has 0 heterocycles. The van der Waals surface area contributed by atoms with E-state index in [0.29, 0.717) is 5.56 Å². The molecule has 1 atom stereocenters. The number of aliphatic hydroxyl groups excluding tert-OH is 1. The molecule has 0 aliphatic rings. The number of hydrogen-bond acceptors (Lipinski definition) is 2. The molecule has 0 saturated heterocycles. The molecule has 21 heavy (non-hydrogen) atoms. The molecular weight excluding hydrogens is 260 g/mol. The van der Waals surface area contributed by atoms with E-state index in [1.165, 1.54) is 0 Å². The maximum atomic E-state index is 12.2. The second kappa shape index (κ2) is 5.90. The molecule has 3 aromatic carbocycles. The van der Waals surface area contributed by atoms with Gasteiger partial charge in [-0.1, -0.05) is 72.8 Å². The van der Waals surface area contributed by atoms with Crippen LogP contribution >= 0.6 is 0 Å². The molecule has 1 N–H and O–H groups in total. The number of benzene rings is 3. The van der Waals surface area contributed by atoms with Crippen LogP contribution in [-0.2, 0) is 0 Å². The average Bonchev–Trinajstić information content (AvgIpc) is 2.55. The number of carbonyl (C=O) groups excluding carboxylic acids is 1. The van der Waals surface area contributed by atoms with Crippen molar-refractivity contribution < 1.29 is 9.90 Å². The Balaban J connectivity index is 1.88. The van der Waals surface area contributed by atoms with E-state index >= 15 is 0 Å². The molecule has 0 bridgehead atoms. The molecule has 0 aliphatic heterocycles. The maximum Gasteiger partial charge on any atom is 0.165 e. The van der Waals surface area contributed by atoms with Crippen LogP contribution < -0.4 is 0 Å². The van der Waals surface area contributed by atoms with E-state index in [1.807, 2.05) is 60.7 Å². The van der Waals surface area contributed by atoms with Crippen molar-refractivity contribution in [2.75, 3.05) is 0 Å². The van der Waals surface area contributed by atoms with Gasteiger partial charge in [0.1, 0.15) is 0 Å². The zero-order valence-corrected chi connectivity index (χ0v) is 11.6. The van der Waals surface area contributed by atoms with Crippen molar-refractivity contribution in [1.29, 1.82) is 0 Å². The quantitative estimate of drug-likeness (QED) is 0.727. The minimum absolute atomic E-state index is 0.0453. The number of fused-ring (bicyclic) bond motifs is 1. The summed E-state index contributed by atoms with van der Waals surface area (Å²) in [5.74, 6) is -0.0453. The van der Waals surface area contributed by atoms with E-state index in [9.17, 15) is 9.90 Å². The van der Waals surface area contributed by atoms with Crippen molar-refractivity contribution in [2.24, 2.45) is 0 Å².